The molecule has 1 nitrogen and oxygen atoms in total. The van der Waals surface area contributed by atoms with Gasteiger partial charge in [-0.1, -0.05) is 127 Å². The highest BCUT2D eigenvalue weighted by Crippen LogP contribution is 2.38. The molecule has 0 aliphatic carbocycles. The van der Waals surface area contributed by atoms with Gasteiger partial charge in [0.15, 0.2) is 0 Å². The number of rotatable bonds is 4. The Balaban J connectivity index is 1.22. The van der Waals surface area contributed by atoms with Crippen LogP contribution in [0.3, 0.4) is 0 Å². The van der Waals surface area contributed by atoms with E-state index in [-0.39, 0.29) is 5.82 Å². The Kier molecular flexibility index (Phi) is 6.05. The fraction of sp³-hybridized carbons (Fsp3) is 0. The largest absolute Gasteiger partial charge is 0.247 e. The zero-order chi connectivity index (χ0) is 28.8. The third-order valence-electron chi connectivity index (χ3n) is 8.34. The van der Waals surface area contributed by atoms with Crippen LogP contribution in [0.15, 0.2) is 158 Å². The number of pyridine rings is 1. The smallest absolute Gasteiger partial charge is 0.123 e. The van der Waals surface area contributed by atoms with Crippen molar-refractivity contribution in [1.29, 1.82) is 0 Å². The van der Waals surface area contributed by atoms with E-state index in [0.29, 0.717) is 0 Å². The first-order valence-corrected chi connectivity index (χ1v) is 14.5. The molecule has 0 spiro atoms. The minimum Gasteiger partial charge on any atom is -0.247 e. The Hall–Kier alpha value is -5.60. The maximum atomic E-state index is 13.8. The molecular formula is C41H26FN. The summed E-state index contributed by atoms with van der Waals surface area (Å²) >= 11 is 0. The predicted octanol–water partition coefficient (Wildman–Crippen LogP) is 11.3. The van der Waals surface area contributed by atoms with E-state index in [1.54, 1.807) is 0 Å². The monoisotopic (exact) mass is 551 g/mol. The lowest BCUT2D eigenvalue weighted by Gasteiger charge is -2.14. The zero-order valence-corrected chi connectivity index (χ0v) is 23.3. The molecule has 0 aliphatic rings. The molecule has 0 aliphatic heterocycles. The van der Waals surface area contributed by atoms with Crippen LogP contribution in [0.4, 0.5) is 4.39 Å². The van der Waals surface area contributed by atoms with Crippen LogP contribution in [0, 0.1) is 5.82 Å². The molecule has 0 unspecified atom stereocenters. The zero-order valence-electron chi connectivity index (χ0n) is 23.3. The van der Waals surface area contributed by atoms with E-state index in [9.17, 15) is 4.39 Å². The van der Waals surface area contributed by atoms with Crippen molar-refractivity contribution in [2.75, 3.05) is 0 Å². The molecule has 0 N–H and O–H groups in total. The molecule has 7 aromatic carbocycles. The van der Waals surface area contributed by atoms with Gasteiger partial charge in [-0.05, 0) is 74.5 Å². The van der Waals surface area contributed by atoms with Crippen LogP contribution in [0.25, 0.3) is 77.1 Å². The van der Waals surface area contributed by atoms with Crippen LogP contribution in [-0.2, 0) is 0 Å². The summed E-state index contributed by atoms with van der Waals surface area (Å²) in [5, 5.41) is 5.71. The molecule has 43 heavy (non-hydrogen) atoms. The van der Waals surface area contributed by atoms with E-state index in [4.69, 9.17) is 4.98 Å². The van der Waals surface area contributed by atoms with Crippen LogP contribution in [-0.4, -0.2) is 4.98 Å². The number of fused-ring (bicyclic) bond motifs is 5. The molecule has 0 bridgehead atoms. The minimum absolute atomic E-state index is 0.253. The average Bonchev–Trinajstić information content (AvgIpc) is 3.08. The Morgan fingerprint density at radius 3 is 1.56 bits per heavy atom. The Morgan fingerprint density at radius 1 is 0.372 bits per heavy atom. The molecule has 1 heterocycles. The van der Waals surface area contributed by atoms with Gasteiger partial charge in [-0.3, -0.25) is 0 Å². The van der Waals surface area contributed by atoms with Gasteiger partial charge in [0.2, 0.25) is 0 Å². The Labute approximate surface area is 249 Å². The number of halogens is 1. The van der Waals surface area contributed by atoms with Crippen molar-refractivity contribution in [2.45, 2.75) is 0 Å². The fourth-order valence-corrected chi connectivity index (χ4v) is 6.12. The van der Waals surface area contributed by atoms with Crippen molar-refractivity contribution in [2.24, 2.45) is 0 Å². The lowest BCUT2D eigenvalue weighted by atomic mass is 9.93. The fourth-order valence-electron chi connectivity index (χ4n) is 6.12. The van der Waals surface area contributed by atoms with E-state index in [1.807, 2.05) is 18.2 Å². The van der Waals surface area contributed by atoms with Crippen molar-refractivity contribution < 1.29 is 4.39 Å². The molecule has 0 radical (unpaired) electrons. The first-order chi connectivity index (χ1) is 21.2. The standard InChI is InChI=1S/C41H26FN/c42-35-22-18-33(19-23-35)41-38-25-20-32-8-4-5-9-36(32)40(38)37-24-21-34(26-39(37)43-41)31-16-14-30(15-17-31)29-12-10-28(11-13-29)27-6-2-1-3-7-27/h1-26H. The molecule has 1 aromatic heterocycles. The van der Waals surface area contributed by atoms with Gasteiger partial charge in [0.25, 0.3) is 0 Å². The van der Waals surface area contributed by atoms with Gasteiger partial charge in [-0.25, -0.2) is 9.37 Å². The van der Waals surface area contributed by atoms with E-state index < -0.39 is 0 Å². The number of nitrogens with zero attached hydrogens (tertiary/aromatic N) is 1. The van der Waals surface area contributed by atoms with Crippen LogP contribution < -0.4 is 0 Å². The second-order valence-electron chi connectivity index (χ2n) is 10.9. The first kappa shape index (κ1) is 25.1. The molecule has 0 saturated carbocycles. The van der Waals surface area contributed by atoms with Crippen molar-refractivity contribution >= 4 is 32.4 Å². The maximum absolute atomic E-state index is 13.8. The molecule has 2 heteroatoms. The quantitative estimate of drug-likeness (QED) is 0.198. The Bertz CT molecular complexity index is 2250. The summed E-state index contributed by atoms with van der Waals surface area (Å²) < 4.78 is 13.8. The third kappa shape index (κ3) is 4.54. The second kappa shape index (κ2) is 10.3. The van der Waals surface area contributed by atoms with E-state index in [0.717, 1.165) is 38.7 Å². The number of aromatic nitrogens is 1. The van der Waals surface area contributed by atoms with Crippen molar-refractivity contribution in [1.82, 2.24) is 4.98 Å². The Morgan fingerprint density at radius 2 is 0.884 bits per heavy atom. The average molecular weight is 552 g/mol. The SMILES string of the molecule is Fc1ccc(-c2nc3cc(-c4ccc(-c5ccc(-c6ccccc6)cc5)cc4)ccc3c3c2ccc2ccccc23)cc1. The number of hydrogen-bond donors (Lipinski definition) is 0. The second-order valence-corrected chi connectivity index (χ2v) is 10.9. The molecule has 0 atom stereocenters. The van der Waals surface area contributed by atoms with Gasteiger partial charge >= 0.3 is 0 Å². The summed E-state index contributed by atoms with van der Waals surface area (Å²) in [6.07, 6.45) is 0. The summed E-state index contributed by atoms with van der Waals surface area (Å²) in [5.41, 5.74) is 9.72. The van der Waals surface area contributed by atoms with Gasteiger partial charge in [0, 0.05) is 21.7 Å². The summed E-state index contributed by atoms with van der Waals surface area (Å²) in [6, 6.07) is 53.8. The molecular weight excluding hydrogens is 525 g/mol. The minimum atomic E-state index is -0.253. The molecule has 0 fully saturated rings. The third-order valence-corrected chi connectivity index (χ3v) is 8.34. The van der Waals surface area contributed by atoms with Gasteiger partial charge < -0.3 is 0 Å². The van der Waals surface area contributed by atoms with Crippen LogP contribution in [0.5, 0.6) is 0 Å². The van der Waals surface area contributed by atoms with Crippen LogP contribution in [0.2, 0.25) is 0 Å². The number of hydrogen-bond acceptors (Lipinski definition) is 1. The van der Waals surface area contributed by atoms with Crippen molar-refractivity contribution in [3.8, 4) is 44.6 Å². The summed E-state index contributed by atoms with van der Waals surface area (Å²) in [7, 11) is 0. The molecule has 8 aromatic rings. The molecule has 0 saturated heterocycles. The van der Waals surface area contributed by atoms with Crippen LogP contribution >= 0.6 is 0 Å². The summed E-state index contributed by atoms with van der Waals surface area (Å²) in [6.45, 7) is 0. The predicted molar refractivity (Wildman–Crippen MR) is 178 cm³/mol. The van der Waals surface area contributed by atoms with E-state index >= 15 is 0 Å². The highest BCUT2D eigenvalue weighted by Gasteiger charge is 2.14. The summed E-state index contributed by atoms with van der Waals surface area (Å²) in [4.78, 5) is 5.17. The van der Waals surface area contributed by atoms with E-state index in [2.05, 4.69) is 127 Å². The molecule has 0 amide bonds. The normalized spacial score (nSPS) is 11.4. The van der Waals surface area contributed by atoms with Gasteiger partial charge in [0.05, 0.1) is 11.2 Å². The highest BCUT2D eigenvalue weighted by atomic mass is 19.1. The van der Waals surface area contributed by atoms with Crippen molar-refractivity contribution in [3.05, 3.63) is 164 Å². The van der Waals surface area contributed by atoms with Crippen LogP contribution in [0.1, 0.15) is 0 Å². The summed E-state index contributed by atoms with van der Waals surface area (Å²) in [5.74, 6) is -0.253. The molecule has 8 rings (SSSR count). The molecule has 202 valence electrons. The van der Waals surface area contributed by atoms with Gasteiger partial charge in [0.1, 0.15) is 5.82 Å². The first-order valence-electron chi connectivity index (χ1n) is 14.5. The van der Waals surface area contributed by atoms with Crippen molar-refractivity contribution in [3.63, 3.8) is 0 Å². The lowest BCUT2D eigenvalue weighted by Crippen LogP contribution is -1.92. The maximum Gasteiger partial charge on any atom is 0.123 e. The van der Waals surface area contributed by atoms with E-state index in [1.165, 1.54) is 50.5 Å². The van der Waals surface area contributed by atoms with Gasteiger partial charge in [-0.2, -0.15) is 0 Å². The van der Waals surface area contributed by atoms with Gasteiger partial charge in [-0.15, -0.1) is 0 Å². The highest BCUT2D eigenvalue weighted by molar-refractivity contribution is 6.22. The number of benzene rings is 7. The lowest BCUT2D eigenvalue weighted by molar-refractivity contribution is 0.628. The topological polar surface area (TPSA) is 12.9 Å².